The number of rotatable bonds is 5. The molecule has 0 spiro atoms. The summed E-state index contributed by atoms with van der Waals surface area (Å²) in [6, 6.07) is 5.58. The number of phenolic OH excluding ortho intramolecular Hbond substituents is 1. The van der Waals surface area contributed by atoms with Gasteiger partial charge in [0.15, 0.2) is 5.65 Å². The van der Waals surface area contributed by atoms with Crippen molar-refractivity contribution < 1.29 is 23.4 Å². The highest BCUT2D eigenvalue weighted by atomic mass is 19.3. The summed E-state index contributed by atoms with van der Waals surface area (Å²) in [4.78, 5) is 17.1. The lowest BCUT2D eigenvalue weighted by Crippen LogP contribution is -2.13. The van der Waals surface area contributed by atoms with Crippen molar-refractivity contribution in [2.75, 3.05) is 12.4 Å². The lowest BCUT2D eigenvalue weighted by molar-refractivity contribution is 0.102. The molecule has 1 fully saturated rings. The van der Waals surface area contributed by atoms with Crippen molar-refractivity contribution >= 4 is 17.2 Å². The number of hydrogen-bond donors (Lipinski definition) is 2. The highest BCUT2D eigenvalue weighted by Gasteiger charge is 2.29. The standard InChI is InChI=1S/C18H16F2N4O3/c1-27-15-6-10(25)4-5-12(15)23-18(26)11-8-21-24-14(16(19)20)7-13(9-2-3-9)22-17(11)24/h4-9,16,25H,2-3H2,1H3,(H,23,26). The molecule has 1 amide bonds. The van der Waals surface area contributed by atoms with Gasteiger partial charge in [0.2, 0.25) is 0 Å². The van der Waals surface area contributed by atoms with Crippen LogP contribution in [0.1, 0.15) is 46.9 Å². The smallest absolute Gasteiger partial charge is 0.280 e. The molecular formula is C18H16F2N4O3. The minimum absolute atomic E-state index is 0.0156. The number of nitrogens with one attached hydrogen (secondary N) is 1. The Hall–Kier alpha value is -3.23. The zero-order chi connectivity index (χ0) is 19.1. The first-order valence-corrected chi connectivity index (χ1v) is 8.33. The maximum absolute atomic E-state index is 13.4. The molecule has 2 aromatic heterocycles. The van der Waals surface area contributed by atoms with Gasteiger partial charge in [0.05, 0.1) is 19.0 Å². The summed E-state index contributed by atoms with van der Waals surface area (Å²) >= 11 is 0. The van der Waals surface area contributed by atoms with Crippen molar-refractivity contribution in [2.24, 2.45) is 0 Å². The minimum Gasteiger partial charge on any atom is -0.508 e. The highest BCUT2D eigenvalue weighted by molar-refractivity contribution is 6.08. The van der Waals surface area contributed by atoms with Crippen LogP contribution in [0.4, 0.5) is 14.5 Å². The van der Waals surface area contributed by atoms with E-state index in [0.717, 1.165) is 17.4 Å². The van der Waals surface area contributed by atoms with Gasteiger partial charge in [-0.25, -0.2) is 18.3 Å². The molecule has 27 heavy (non-hydrogen) atoms. The van der Waals surface area contributed by atoms with Crippen LogP contribution in [0.3, 0.4) is 0 Å². The van der Waals surface area contributed by atoms with Crippen LogP contribution < -0.4 is 10.1 Å². The third-order valence-corrected chi connectivity index (χ3v) is 4.42. The summed E-state index contributed by atoms with van der Waals surface area (Å²) < 4.78 is 33.0. The monoisotopic (exact) mass is 374 g/mol. The van der Waals surface area contributed by atoms with Crippen molar-refractivity contribution in [1.29, 1.82) is 0 Å². The molecule has 2 heterocycles. The minimum atomic E-state index is -2.74. The number of anilines is 1. The van der Waals surface area contributed by atoms with Crippen LogP contribution >= 0.6 is 0 Å². The van der Waals surface area contributed by atoms with E-state index in [-0.39, 0.29) is 34.3 Å². The van der Waals surface area contributed by atoms with Gasteiger partial charge >= 0.3 is 0 Å². The molecule has 1 aliphatic carbocycles. The van der Waals surface area contributed by atoms with Crippen LogP contribution in [0.2, 0.25) is 0 Å². The van der Waals surface area contributed by atoms with E-state index in [0.29, 0.717) is 11.4 Å². The fourth-order valence-electron chi connectivity index (χ4n) is 2.88. The van der Waals surface area contributed by atoms with Gasteiger partial charge in [0.1, 0.15) is 22.8 Å². The van der Waals surface area contributed by atoms with Crippen LogP contribution in [0.25, 0.3) is 5.65 Å². The number of fused-ring (bicyclic) bond motifs is 1. The molecule has 0 radical (unpaired) electrons. The summed E-state index contributed by atoms with van der Waals surface area (Å²) in [5, 5.41) is 16.1. The Labute approximate surface area is 152 Å². The van der Waals surface area contributed by atoms with Crippen molar-refractivity contribution in [2.45, 2.75) is 25.2 Å². The van der Waals surface area contributed by atoms with E-state index in [1.807, 2.05) is 0 Å². The lowest BCUT2D eigenvalue weighted by Gasteiger charge is -2.10. The number of ether oxygens (including phenoxy) is 1. The van der Waals surface area contributed by atoms with Crippen LogP contribution in [0.5, 0.6) is 11.5 Å². The number of carbonyl (C=O) groups is 1. The van der Waals surface area contributed by atoms with E-state index in [9.17, 15) is 18.7 Å². The van der Waals surface area contributed by atoms with E-state index >= 15 is 0 Å². The SMILES string of the molecule is COc1cc(O)ccc1NC(=O)c1cnn2c(C(F)F)cc(C3CC3)nc12. The third kappa shape index (κ3) is 3.16. The predicted octanol–water partition coefficient (Wildman–Crippen LogP) is 3.51. The number of carbonyl (C=O) groups excluding carboxylic acids is 1. The Morgan fingerprint density at radius 2 is 2.15 bits per heavy atom. The summed E-state index contributed by atoms with van der Waals surface area (Å²) in [6.07, 6.45) is 0.270. The maximum Gasteiger partial charge on any atom is 0.280 e. The Bertz CT molecular complexity index is 1030. The molecule has 0 bridgehead atoms. The first-order chi connectivity index (χ1) is 13.0. The molecule has 7 nitrogen and oxygen atoms in total. The number of methoxy groups -OCH3 is 1. The topological polar surface area (TPSA) is 88.8 Å². The quantitative estimate of drug-likeness (QED) is 0.667. The van der Waals surface area contributed by atoms with Gasteiger partial charge < -0.3 is 15.2 Å². The van der Waals surface area contributed by atoms with Crippen LogP contribution in [0.15, 0.2) is 30.5 Å². The van der Waals surface area contributed by atoms with Crippen LogP contribution in [-0.2, 0) is 0 Å². The zero-order valence-electron chi connectivity index (χ0n) is 14.3. The molecule has 2 N–H and O–H groups in total. The molecule has 0 atom stereocenters. The van der Waals surface area contributed by atoms with Crippen molar-refractivity contribution in [3.8, 4) is 11.5 Å². The van der Waals surface area contributed by atoms with E-state index < -0.39 is 12.3 Å². The van der Waals surface area contributed by atoms with Gasteiger partial charge in [-0.1, -0.05) is 0 Å². The molecular weight excluding hydrogens is 358 g/mol. The second-order valence-electron chi connectivity index (χ2n) is 6.31. The van der Waals surface area contributed by atoms with Crippen LogP contribution in [-0.4, -0.2) is 32.7 Å². The molecule has 0 saturated heterocycles. The number of aromatic hydroxyl groups is 1. The summed E-state index contributed by atoms with van der Waals surface area (Å²) in [6.45, 7) is 0. The average Bonchev–Trinajstić information content (AvgIpc) is 3.41. The molecule has 1 saturated carbocycles. The number of aromatic nitrogens is 3. The molecule has 0 aliphatic heterocycles. The van der Waals surface area contributed by atoms with E-state index in [1.165, 1.54) is 37.6 Å². The summed E-state index contributed by atoms with van der Waals surface area (Å²) in [5.41, 5.74) is 0.754. The Morgan fingerprint density at radius 1 is 1.37 bits per heavy atom. The predicted molar refractivity (Wildman–Crippen MR) is 92.5 cm³/mol. The third-order valence-electron chi connectivity index (χ3n) is 4.42. The maximum atomic E-state index is 13.4. The van der Waals surface area contributed by atoms with Gasteiger partial charge in [0, 0.05) is 17.7 Å². The normalized spacial score (nSPS) is 13.9. The fraction of sp³-hybridized carbons (Fsp3) is 0.278. The first kappa shape index (κ1) is 17.2. The summed E-state index contributed by atoms with van der Waals surface area (Å²) in [5.74, 6) is -0.164. The molecule has 140 valence electrons. The fourth-order valence-corrected chi connectivity index (χ4v) is 2.88. The number of amides is 1. The van der Waals surface area contributed by atoms with E-state index in [4.69, 9.17) is 4.74 Å². The summed E-state index contributed by atoms with van der Waals surface area (Å²) in [7, 11) is 1.40. The molecule has 4 rings (SSSR count). The largest absolute Gasteiger partial charge is 0.508 e. The van der Waals surface area contributed by atoms with Gasteiger partial charge in [-0.3, -0.25) is 4.79 Å². The molecule has 1 aliphatic rings. The number of nitrogens with zero attached hydrogens (tertiary/aromatic N) is 3. The van der Waals surface area contributed by atoms with Crippen molar-refractivity contribution in [1.82, 2.24) is 14.6 Å². The first-order valence-electron chi connectivity index (χ1n) is 8.33. The molecule has 0 unspecified atom stereocenters. The Morgan fingerprint density at radius 3 is 2.81 bits per heavy atom. The second kappa shape index (κ2) is 6.49. The van der Waals surface area contributed by atoms with Gasteiger partial charge in [-0.2, -0.15) is 5.10 Å². The number of benzene rings is 1. The van der Waals surface area contributed by atoms with Crippen molar-refractivity contribution in [3.63, 3.8) is 0 Å². The second-order valence-corrected chi connectivity index (χ2v) is 6.31. The van der Waals surface area contributed by atoms with Crippen molar-refractivity contribution in [3.05, 3.63) is 47.4 Å². The highest BCUT2D eigenvalue weighted by Crippen LogP contribution is 2.40. The number of hydrogen-bond acceptors (Lipinski definition) is 5. The lowest BCUT2D eigenvalue weighted by atomic mass is 10.2. The average molecular weight is 374 g/mol. The number of phenols is 1. The van der Waals surface area contributed by atoms with Crippen LogP contribution in [0, 0.1) is 0 Å². The zero-order valence-corrected chi connectivity index (χ0v) is 14.3. The van der Waals surface area contributed by atoms with Gasteiger partial charge in [0.25, 0.3) is 12.3 Å². The molecule has 3 aromatic rings. The Balaban J connectivity index is 1.74. The Kier molecular flexibility index (Phi) is 4.14. The van der Waals surface area contributed by atoms with E-state index in [1.54, 1.807) is 0 Å². The number of halogens is 2. The van der Waals surface area contributed by atoms with E-state index in [2.05, 4.69) is 15.4 Å². The molecule has 1 aromatic carbocycles. The van der Waals surface area contributed by atoms with Gasteiger partial charge in [-0.15, -0.1) is 0 Å². The molecule has 9 heteroatoms. The van der Waals surface area contributed by atoms with Gasteiger partial charge in [-0.05, 0) is 31.0 Å². The number of alkyl halides is 2.